The number of anilines is 1. The number of nitrogens with one attached hydrogen (secondary N) is 2. The zero-order chi connectivity index (χ0) is 14.6. The van der Waals surface area contributed by atoms with Gasteiger partial charge in [0.05, 0.1) is 5.41 Å². The molecule has 1 amide bonds. The van der Waals surface area contributed by atoms with Crippen molar-refractivity contribution >= 4 is 11.6 Å². The highest BCUT2D eigenvalue weighted by Crippen LogP contribution is 2.35. The van der Waals surface area contributed by atoms with E-state index in [1.54, 1.807) is 0 Å². The summed E-state index contributed by atoms with van der Waals surface area (Å²) in [6.07, 6.45) is 3.01. The number of carbonyl (C=O) groups excluding carboxylic acids is 1. The Morgan fingerprint density at radius 2 is 2.15 bits per heavy atom. The average Bonchev–Trinajstić information content (AvgIpc) is 2.92. The van der Waals surface area contributed by atoms with Crippen molar-refractivity contribution in [2.24, 2.45) is 11.3 Å². The zero-order valence-electron chi connectivity index (χ0n) is 12.8. The summed E-state index contributed by atoms with van der Waals surface area (Å²) >= 11 is 0. The first kappa shape index (κ1) is 15.0. The van der Waals surface area contributed by atoms with Crippen molar-refractivity contribution in [3.8, 4) is 0 Å². The Bertz CT molecular complexity index is 462. The Morgan fingerprint density at radius 3 is 2.75 bits per heavy atom. The standard InChI is InChI=1S/C17H26N2O/c1-4-7-14-8-5-6-9-15(14)19-16(20)17(13(2)3)10-11-18-12-17/h5-6,8-9,13,18H,4,7,10-12H2,1-3H3,(H,19,20). The minimum Gasteiger partial charge on any atom is -0.325 e. The van der Waals surface area contributed by atoms with E-state index in [9.17, 15) is 4.79 Å². The molecular weight excluding hydrogens is 248 g/mol. The minimum absolute atomic E-state index is 0.168. The summed E-state index contributed by atoms with van der Waals surface area (Å²) in [5.41, 5.74) is 1.94. The number of hydrogen-bond acceptors (Lipinski definition) is 2. The fraction of sp³-hybridized carbons (Fsp3) is 0.588. The highest BCUT2D eigenvalue weighted by atomic mass is 16.2. The summed E-state index contributed by atoms with van der Waals surface area (Å²) in [5.74, 6) is 0.511. The van der Waals surface area contributed by atoms with Crippen molar-refractivity contribution in [1.29, 1.82) is 0 Å². The molecule has 0 aliphatic carbocycles. The zero-order valence-corrected chi connectivity index (χ0v) is 12.8. The van der Waals surface area contributed by atoms with Gasteiger partial charge in [0.2, 0.25) is 5.91 Å². The van der Waals surface area contributed by atoms with Crippen LogP contribution in [0.2, 0.25) is 0 Å². The lowest BCUT2D eigenvalue weighted by Crippen LogP contribution is -2.42. The molecule has 0 saturated carbocycles. The molecule has 1 aromatic carbocycles. The van der Waals surface area contributed by atoms with Crippen LogP contribution in [0.15, 0.2) is 24.3 Å². The molecule has 1 aromatic rings. The molecule has 0 bridgehead atoms. The number of carbonyl (C=O) groups is 1. The molecule has 20 heavy (non-hydrogen) atoms. The maximum atomic E-state index is 12.8. The number of benzene rings is 1. The smallest absolute Gasteiger partial charge is 0.232 e. The third-order valence-electron chi connectivity index (χ3n) is 4.53. The van der Waals surface area contributed by atoms with Gasteiger partial charge in [-0.1, -0.05) is 45.4 Å². The summed E-state index contributed by atoms with van der Waals surface area (Å²) in [6.45, 7) is 8.17. The Hall–Kier alpha value is -1.35. The predicted molar refractivity (Wildman–Crippen MR) is 83.8 cm³/mol. The normalized spacial score (nSPS) is 22.2. The third kappa shape index (κ3) is 2.88. The van der Waals surface area contributed by atoms with Crippen LogP contribution in [0, 0.1) is 11.3 Å². The Kier molecular flexibility index (Phi) is 4.81. The molecule has 0 spiro atoms. The summed E-state index contributed by atoms with van der Waals surface area (Å²) in [5, 5.41) is 6.52. The molecular formula is C17H26N2O. The van der Waals surface area contributed by atoms with Crippen molar-refractivity contribution in [2.45, 2.75) is 40.0 Å². The van der Waals surface area contributed by atoms with Crippen LogP contribution in [0.25, 0.3) is 0 Å². The number of rotatable bonds is 5. The maximum Gasteiger partial charge on any atom is 0.232 e. The van der Waals surface area contributed by atoms with Gasteiger partial charge in [-0.05, 0) is 36.9 Å². The first-order chi connectivity index (χ1) is 9.60. The summed E-state index contributed by atoms with van der Waals surface area (Å²) < 4.78 is 0. The molecule has 1 aliphatic heterocycles. The average molecular weight is 274 g/mol. The van der Waals surface area contributed by atoms with Crippen molar-refractivity contribution < 1.29 is 4.79 Å². The number of amides is 1. The van der Waals surface area contributed by atoms with E-state index < -0.39 is 0 Å². The Balaban J connectivity index is 2.19. The van der Waals surface area contributed by atoms with Gasteiger partial charge in [0.15, 0.2) is 0 Å². The Labute approximate surface area is 122 Å². The van der Waals surface area contributed by atoms with E-state index in [4.69, 9.17) is 0 Å². The molecule has 2 rings (SSSR count). The topological polar surface area (TPSA) is 41.1 Å². The summed E-state index contributed by atoms with van der Waals surface area (Å²) in [6, 6.07) is 8.15. The SMILES string of the molecule is CCCc1ccccc1NC(=O)C1(C(C)C)CCNC1. The van der Waals surface area contributed by atoms with Crippen LogP contribution in [-0.2, 0) is 11.2 Å². The molecule has 3 nitrogen and oxygen atoms in total. The molecule has 0 aromatic heterocycles. The largest absolute Gasteiger partial charge is 0.325 e. The first-order valence-corrected chi connectivity index (χ1v) is 7.70. The second kappa shape index (κ2) is 6.40. The van der Waals surface area contributed by atoms with Gasteiger partial charge >= 0.3 is 0 Å². The summed E-state index contributed by atoms with van der Waals surface area (Å²) in [7, 11) is 0. The van der Waals surface area contributed by atoms with Gasteiger partial charge in [0, 0.05) is 12.2 Å². The molecule has 0 radical (unpaired) electrons. The van der Waals surface area contributed by atoms with E-state index in [1.165, 1.54) is 5.56 Å². The van der Waals surface area contributed by atoms with Gasteiger partial charge < -0.3 is 10.6 Å². The fourth-order valence-electron chi connectivity index (χ4n) is 3.04. The lowest BCUT2D eigenvalue weighted by Gasteiger charge is -2.31. The van der Waals surface area contributed by atoms with Crippen LogP contribution in [0.3, 0.4) is 0 Å². The molecule has 1 atom stereocenters. The third-order valence-corrected chi connectivity index (χ3v) is 4.53. The van der Waals surface area contributed by atoms with Crippen LogP contribution in [-0.4, -0.2) is 19.0 Å². The number of aryl methyl sites for hydroxylation is 1. The number of para-hydroxylation sites is 1. The summed E-state index contributed by atoms with van der Waals surface area (Å²) in [4.78, 5) is 12.8. The monoisotopic (exact) mass is 274 g/mol. The van der Waals surface area contributed by atoms with E-state index in [2.05, 4.69) is 37.5 Å². The fourth-order valence-corrected chi connectivity index (χ4v) is 3.04. The molecule has 3 heteroatoms. The molecule has 1 unspecified atom stereocenters. The van der Waals surface area contributed by atoms with Crippen LogP contribution in [0.4, 0.5) is 5.69 Å². The second-order valence-electron chi connectivity index (χ2n) is 6.10. The lowest BCUT2D eigenvalue weighted by atomic mass is 9.75. The molecule has 1 fully saturated rings. The molecule has 1 saturated heterocycles. The van der Waals surface area contributed by atoms with Crippen LogP contribution in [0.5, 0.6) is 0 Å². The maximum absolute atomic E-state index is 12.8. The van der Waals surface area contributed by atoms with E-state index >= 15 is 0 Å². The molecule has 2 N–H and O–H groups in total. The van der Waals surface area contributed by atoms with Crippen molar-refractivity contribution in [3.05, 3.63) is 29.8 Å². The van der Waals surface area contributed by atoms with Crippen LogP contribution >= 0.6 is 0 Å². The van der Waals surface area contributed by atoms with Crippen LogP contribution in [0.1, 0.15) is 39.2 Å². The molecule has 1 aliphatic rings. The lowest BCUT2D eigenvalue weighted by molar-refractivity contribution is -0.126. The van der Waals surface area contributed by atoms with Gasteiger partial charge in [-0.3, -0.25) is 4.79 Å². The van der Waals surface area contributed by atoms with Gasteiger partial charge in [-0.15, -0.1) is 0 Å². The van der Waals surface area contributed by atoms with Crippen LogP contribution < -0.4 is 10.6 Å². The predicted octanol–water partition coefficient (Wildman–Crippen LogP) is 3.21. The van der Waals surface area contributed by atoms with Gasteiger partial charge in [0.25, 0.3) is 0 Å². The van der Waals surface area contributed by atoms with Gasteiger partial charge in [-0.25, -0.2) is 0 Å². The van der Waals surface area contributed by atoms with Gasteiger partial charge in [0.1, 0.15) is 0 Å². The second-order valence-corrected chi connectivity index (χ2v) is 6.10. The van der Waals surface area contributed by atoms with Crippen molar-refractivity contribution in [3.63, 3.8) is 0 Å². The van der Waals surface area contributed by atoms with E-state index in [0.717, 1.165) is 38.0 Å². The first-order valence-electron chi connectivity index (χ1n) is 7.70. The molecule has 1 heterocycles. The van der Waals surface area contributed by atoms with Crippen molar-refractivity contribution in [1.82, 2.24) is 5.32 Å². The Morgan fingerprint density at radius 1 is 1.40 bits per heavy atom. The molecule has 110 valence electrons. The van der Waals surface area contributed by atoms with E-state index in [-0.39, 0.29) is 11.3 Å². The van der Waals surface area contributed by atoms with E-state index in [1.807, 2.05) is 18.2 Å². The minimum atomic E-state index is -0.265. The van der Waals surface area contributed by atoms with E-state index in [0.29, 0.717) is 5.92 Å². The highest BCUT2D eigenvalue weighted by Gasteiger charge is 2.43. The number of hydrogen-bond donors (Lipinski definition) is 2. The van der Waals surface area contributed by atoms with Crippen molar-refractivity contribution in [2.75, 3.05) is 18.4 Å². The highest BCUT2D eigenvalue weighted by molar-refractivity contribution is 5.96. The van der Waals surface area contributed by atoms with Gasteiger partial charge in [-0.2, -0.15) is 0 Å². The quantitative estimate of drug-likeness (QED) is 0.865.